The van der Waals surface area contributed by atoms with Gasteiger partial charge in [0.15, 0.2) is 0 Å². The molecule has 1 heterocycles. The molecule has 5 nitrogen and oxygen atoms in total. The van der Waals surface area contributed by atoms with Crippen LogP contribution in [0.4, 0.5) is 5.69 Å². The molecular formula is C21H12Cl4N2O3. The SMILES string of the molecule is C[C@@H](C(=O)Nc1cccc2ccccc12)N1C(=O)c2c(Cl)c(Cl)c(Cl)c(Cl)c2C1=O. The van der Waals surface area contributed by atoms with Crippen molar-refractivity contribution in [2.24, 2.45) is 0 Å². The van der Waals surface area contributed by atoms with Gasteiger partial charge in [0.05, 0.1) is 31.2 Å². The first-order valence-electron chi connectivity index (χ1n) is 8.76. The summed E-state index contributed by atoms with van der Waals surface area (Å²) in [4.78, 5) is 39.6. The number of nitrogens with zero attached hydrogens (tertiary/aromatic N) is 1. The number of benzene rings is 3. The molecule has 0 radical (unpaired) electrons. The monoisotopic (exact) mass is 480 g/mol. The zero-order chi connectivity index (χ0) is 21.7. The van der Waals surface area contributed by atoms with E-state index >= 15 is 0 Å². The molecule has 0 saturated heterocycles. The third-order valence-electron chi connectivity index (χ3n) is 4.95. The average Bonchev–Trinajstić information content (AvgIpc) is 3.00. The fraction of sp³-hybridized carbons (Fsp3) is 0.0952. The molecule has 9 heteroatoms. The maximum Gasteiger partial charge on any atom is 0.263 e. The summed E-state index contributed by atoms with van der Waals surface area (Å²) in [6, 6.07) is 11.8. The van der Waals surface area contributed by atoms with Gasteiger partial charge in [-0.15, -0.1) is 0 Å². The van der Waals surface area contributed by atoms with Gasteiger partial charge < -0.3 is 5.32 Å². The highest BCUT2D eigenvalue weighted by molar-refractivity contribution is 6.55. The summed E-state index contributed by atoms with van der Waals surface area (Å²) in [5, 5.41) is 3.93. The molecule has 0 spiro atoms. The first-order chi connectivity index (χ1) is 14.2. The van der Waals surface area contributed by atoms with Gasteiger partial charge in [-0.25, -0.2) is 0 Å². The standard InChI is InChI=1S/C21H12Cl4N2O3/c1-9(19(28)26-12-8-4-6-10-5-2-3-7-11(10)12)27-20(29)13-14(21(27)30)16(23)18(25)17(24)15(13)22/h2-9H,1H3,(H,26,28)/t9-/m0/s1. The smallest absolute Gasteiger partial charge is 0.263 e. The topological polar surface area (TPSA) is 66.5 Å². The summed E-state index contributed by atoms with van der Waals surface area (Å²) in [5.74, 6) is -2.08. The third kappa shape index (κ3) is 3.13. The predicted molar refractivity (Wildman–Crippen MR) is 119 cm³/mol. The van der Waals surface area contributed by atoms with Crippen molar-refractivity contribution in [2.45, 2.75) is 13.0 Å². The zero-order valence-electron chi connectivity index (χ0n) is 15.3. The van der Waals surface area contributed by atoms with Crippen LogP contribution in [0.2, 0.25) is 20.1 Å². The van der Waals surface area contributed by atoms with Crippen LogP contribution in [0.15, 0.2) is 42.5 Å². The van der Waals surface area contributed by atoms with Crippen LogP contribution in [0.3, 0.4) is 0 Å². The summed E-state index contributed by atoms with van der Waals surface area (Å²) in [7, 11) is 0. The lowest BCUT2D eigenvalue weighted by molar-refractivity contribution is -0.119. The van der Waals surface area contributed by atoms with Crippen LogP contribution in [-0.2, 0) is 4.79 Å². The van der Waals surface area contributed by atoms with Crippen LogP contribution in [0.1, 0.15) is 27.6 Å². The highest BCUT2D eigenvalue weighted by Crippen LogP contribution is 2.45. The molecule has 0 fully saturated rings. The number of hydrogen-bond acceptors (Lipinski definition) is 3. The molecule has 1 atom stereocenters. The molecule has 4 rings (SSSR count). The largest absolute Gasteiger partial charge is 0.324 e. The van der Waals surface area contributed by atoms with Crippen molar-refractivity contribution >= 4 is 80.6 Å². The normalized spacial score (nSPS) is 14.2. The molecule has 0 saturated carbocycles. The number of carbonyl (C=O) groups excluding carboxylic acids is 3. The predicted octanol–water partition coefficient (Wildman–Crippen LogP) is 6.08. The van der Waals surface area contributed by atoms with Gasteiger partial charge in [0, 0.05) is 11.1 Å². The Morgan fingerprint density at radius 1 is 0.833 bits per heavy atom. The number of hydrogen-bond donors (Lipinski definition) is 1. The van der Waals surface area contributed by atoms with E-state index in [1.165, 1.54) is 6.92 Å². The van der Waals surface area contributed by atoms with Crippen molar-refractivity contribution in [3.8, 4) is 0 Å². The van der Waals surface area contributed by atoms with Crippen molar-refractivity contribution in [3.05, 3.63) is 73.7 Å². The second-order valence-electron chi connectivity index (χ2n) is 6.68. The number of carbonyl (C=O) groups is 3. The second-order valence-corrected chi connectivity index (χ2v) is 8.19. The average molecular weight is 482 g/mol. The van der Waals surface area contributed by atoms with E-state index in [-0.39, 0.29) is 31.2 Å². The number of rotatable bonds is 3. The molecular weight excluding hydrogens is 470 g/mol. The highest BCUT2D eigenvalue weighted by atomic mass is 35.5. The van der Waals surface area contributed by atoms with E-state index in [0.29, 0.717) is 5.69 Å². The Hall–Kier alpha value is -2.31. The number of halogens is 4. The van der Waals surface area contributed by atoms with Gasteiger partial charge in [0.1, 0.15) is 6.04 Å². The van der Waals surface area contributed by atoms with E-state index < -0.39 is 23.8 Å². The number of anilines is 1. The van der Waals surface area contributed by atoms with Gasteiger partial charge in [0.25, 0.3) is 11.8 Å². The second kappa shape index (κ2) is 7.75. The first kappa shape index (κ1) is 20.9. The highest BCUT2D eigenvalue weighted by Gasteiger charge is 2.45. The van der Waals surface area contributed by atoms with Crippen LogP contribution in [0.5, 0.6) is 0 Å². The number of amides is 3. The summed E-state index contributed by atoms with van der Waals surface area (Å²) in [6.07, 6.45) is 0. The molecule has 1 N–H and O–H groups in total. The molecule has 3 aromatic carbocycles. The van der Waals surface area contributed by atoms with E-state index in [1.54, 1.807) is 12.1 Å². The Morgan fingerprint density at radius 2 is 1.37 bits per heavy atom. The Morgan fingerprint density at radius 3 is 1.97 bits per heavy atom. The molecule has 30 heavy (non-hydrogen) atoms. The van der Waals surface area contributed by atoms with E-state index in [9.17, 15) is 14.4 Å². The van der Waals surface area contributed by atoms with Gasteiger partial charge in [-0.2, -0.15) is 0 Å². The summed E-state index contributed by atoms with van der Waals surface area (Å²) in [6.45, 7) is 1.44. The van der Waals surface area contributed by atoms with E-state index in [1.807, 2.05) is 30.3 Å². The summed E-state index contributed by atoms with van der Waals surface area (Å²) >= 11 is 24.3. The van der Waals surface area contributed by atoms with E-state index in [0.717, 1.165) is 15.7 Å². The summed E-state index contributed by atoms with van der Waals surface area (Å²) in [5.41, 5.74) is 0.237. The van der Waals surface area contributed by atoms with Gasteiger partial charge >= 0.3 is 0 Å². The van der Waals surface area contributed by atoms with Crippen molar-refractivity contribution < 1.29 is 14.4 Å². The Kier molecular flexibility index (Phi) is 5.41. The number of imide groups is 1. The molecule has 152 valence electrons. The van der Waals surface area contributed by atoms with Gasteiger partial charge in [-0.05, 0) is 18.4 Å². The Bertz CT molecular complexity index is 1210. The van der Waals surface area contributed by atoms with Crippen LogP contribution >= 0.6 is 46.4 Å². The maximum absolute atomic E-state index is 12.9. The van der Waals surface area contributed by atoms with Crippen LogP contribution in [0.25, 0.3) is 10.8 Å². The molecule has 0 aliphatic carbocycles. The lowest BCUT2D eigenvalue weighted by Gasteiger charge is -2.22. The zero-order valence-corrected chi connectivity index (χ0v) is 18.3. The lowest BCUT2D eigenvalue weighted by Crippen LogP contribution is -2.45. The number of nitrogens with one attached hydrogen (secondary N) is 1. The Labute approximate surface area is 191 Å². The van der Waals surface area contributed by atoms with Gasteiger partial charge in [-0.1, -0.05) is 82.8 Å². The van der Waals surface area contributed by atoms with Crippen LogP contribution in [0, 0.1) is 0 Å². The van der Waals surface area contributed by atoms with Gasteiger partial charge in [0.2, 0.25) is 5.91 Å². The molecule has 3 amide bonds. The van der Waals surface area contributed by atoms with Crippen molar-refractivity contribution in [1.29, 1.82) is 0 Å². The first-order valence-corrected chi connectivity index (χ1v) is 10.3. The fourth-order valence-corrected chi connectivity index (χ4v) is 4.42. The van der Waals surface area contributed by atoms with Crippen molar-refractivity contribution in [2.75, 3.05) is 5.32 Å². The number of fused-ring (bicyclic) bond motifs is 2. The third-order valence-corrected chi connectivity index (χ3v) is 6.75. The van der Waals surface area contributed by atoms with Gasteiger partial charge in [-0.3, -0.25) is 19.3 Å². The van der Waals surface area contributed by atoms with E-state index in [2.05, 4.69) is 5.32 Å². The molecule has 3 aromatic rings. The van der Waals surface area contributed by atoms with E-state index in [4.69, 9.17) is 46.4 Å². The molecule has 1 aliphatic heterocycles. The minimum atomic E-state index is -1.14. The van der Waals surface area contributed by atoms with Crippen molar-refractivity contribution in [3.63, 3.8) is 0 Å². The quantitative estimate of drug-likeness (QED) is 0.280. The molecule has 0 unspecified atom stereocenters. The van der Waals surface area contributed by atoms with Crippen molar-refractivity contribution in [1.82, 2.24) is 4.90 Å². The maximum atomic E-state index is 12.9. The Balaban J connectivity index is 1.68. The minimum Gasteiger partial charge on any atom is -0.324 e. The van der Waals surface area contributed by atoms with Crippen LogP contribution in [-0.4, -0.2) is 28.7 Å². The summed E-state index contributed by atoms with van der Waals surface area (Å²) < 4.78 is 0. The van der Waals surface area contributed by atoms with Crippen LogP contribution < -0.4 is 5.32 Å². The molecule has 0 bridgehead atoms. The molecule has 1 aliphatic rings. The fourth-order valence-electron chi connectivity index (χ4n) is 3.41. The minimum absolute atomic E-state index is 0.127. The molecule has 0 aromatic heterocycles. The lowest BCUT2D eigenvalue weighted by atomic mass is 10.1.